The second kappa shape index (κ2) is 12.8. The van der Waals surface area contributed by atoms with Crippen LogP contribution < -0.4 is 9.62 Å². The average Bonchev–Trinajstić information content (AvgIpc) is 2.76. The van der Waals surface area contributed by atoms with Crippen LogP contribution in [0.2, 0.25) is 10.0 Å². The van der Waals surface area contributed by atoms with Crippen LogP contribution >= 0.6 is 23.2 Å². The van der Waals surface area contributed by atoms with Crippen molar-refractivity contribution >= 4 is 50.7 Å². The molecular formula is C26H35Cl2N3O4S. The summed E-state index contributed by atoms with van der Waals surface area (Å²) in [4.78, 5) is 27.5. The first-order valence-corrected chi connectivity index (χ1v) is 14.4. The van der Waals surface area contributed by atoms with Crippen LogP contribution in [0.4, 0.5) is 5.69 Å². The van der Waals surface area contributed by atoms with Crippen molar-refractivity contribution in [1.29, 1.82) is 0 Å². The largest absolute Gasteiger partial charge is 0.352 e. The molecule has 0 aliphatic rings. The molecule has 0 saturated heterocycles. The van der Waals surface area contributed by atoms with E-state index in [0.29, 0.717) is 21.3 Å². The lowest BCUT2D eigenvalue weighted by Gasteiger charge is -2.30. The summed E-state index contributed by atoms with van der Waals surface area (Å²) in [5, 5.41) is 3.71. The molecule has 0 saturated carbocycles. The Morgan fingerprint density at radius 1 is 1.00 bits per heavy atom. The van der Waals surface area contributed by atoms with E-state index in [1.54, 1.807) is 31.2 Å². The molecule has 0 aliphatic carbocycles. The van der Waals surface area contributed by atoms with Crippen molar-refractivity contribution in [3.63, 3.8) is 0 Å². The summed E-state index contributed by atoms with van der Waals surface area (Å²) in [6, 6.07) is 9.62. The zero-order valence-corrected chi connectivity index (χ0v) is 24.0. The molecule has 1 atom stereocenters. The lowest BCUT2D eigenvalue weighted by molar-refractivity contribution is -0.140. The third-order valence-electron chi connectivity index (χ3n) is 5.88. The molecule has 2 aromatic rings. The number of benzene rings is 2. The number of nitrogens with zero attached hydrogens (tertiary/aromatic N) is 2. The van der Waals surface area contributed by atoms with Crippen molar-refractivity contribution in [3.05, 3.63) is 63.1 Å². The maximum atomic E-state index is 13.3. The van der Waals surface area contributed by atoms with Crippen molar-refractivity contribution < 1.29 is 18.0 Å². The number of halogens is 2. The van der Waals surface area contributed by atoms with Crippen LogP contribution in [-0.4, -0.2) is 50.0 Å². The smallest absolute Gasteiger partial charge is 0.242 e. The van der Waals surface area contributed by atoms with Crippen LogP contribution in [-0.2, 0) is 26.2 Å². The summed E-state index contributed by atoms with van der Waals surface area (Å²) in [6.45, 7) is 9.49. The summed E-state index contributed by atoms with van der Waals surface area (Å²) >= 11 is 12.3. The molecule has 0 aliphatic heterocycles. The van der Waals surface area contributed by atoms with E-state index >= 15 is 0 Å². The molecule has 2 rings (SSSR count). The first-order valence-electron chi connectivity index (χ1n) is 11.8. The van der Waals surface area contributed by atoms with E-state index in [2.05, 4.69) is 5.32 Å². The zero-order valence-electron chi connectivity index (χ0n) is 21.6. The minimum Gasteiger partial charge on any atom is -0.352 e. The van der Waals surface area contributed by atoms with Crippen LogP contribution in [0, 0.1) is 13.8 Å². The Labute approximate surface area is 224 Å². The fraction of sp³-hybridized carbons (Fsp3) is 0.462. The summed E-state index contributed by atoms with van der Waals surface area (Å²) < 4.78 is 26.3. The topological polar surface area (TPSA) is 86.8 Å². The number of carbonyl (C=O) groups excluding carboxylic acids is 2. The Kier molecular flexibility index (Phi) is 10.6. The van der Waals surface area contributed by atoms with E-state index in [-0.39, 0.29) is 43.8 Å². The van der Waals surface area contributed by atoms with Crippen LogP contribution in [0.3, 0.4) is 0 Å². The lowest BCUT2D eigenvalue weighted by Crippen LogP contribution is -2.49. The minimum atomic E-state index is -3.55. The Hall–Kier alpha value is -2.29. The molecule has 198 valence electrons. The second-order valence-electron chi connectivity index (χ2n) is 9.30. The van der Waals surface area contributed by atoms with E-state index < -0.39 is 16.1 Å². The number of hydrogen-bond acceptors (Lipinski definition) is 4. The third kappa shape index (κ3) is 8.39. The summed E-state index contributed by atoms with van der Waals surface area (Å²) in [5.74, 6) is -0.558. The monoisotopic (exact) mass is 555 g/mol. The van der Waals surface area contributed by atoms with Gasteiger partial charge < -0.3 is 10.2 Å². The summed E-state index contributed by atoms with van der Waals surface area (Å²) in [6.07, 6.45) is 1.49. The number of anilines is 1. The van der Waals surface area contributed by atoms with E-state index in [1.165, 1.54) is 9.21 Å². The molecule has 1 N–H and O–H groups in total. The number of hydrogen-bond donors (Lipinski definition) is 1. The van der Waals surface area contributed by atoms with Gasteiger partial charge in [0.1, 0.15) is 6.04 Å². The van der Waals surface area contributed by atoms with Gasteiger partial charge in [0.15, 0.2) is 0 Å². The third-order valence-corrected chi connectivity index (χ3v) is 7.67. The Bertz CT molecular complexity index is 1200. The molecule has 2 amide bonds. The van der Waals surface area contributed by atoms with Gasteiger partial charge >= 0.3 is 0 Å². The van der Waals surface area contributed by atoms with Gasteiger partial charge in [0.25, 0.3) is 0 Å². The number of nitrogens with one attached hydrogen (secondary N) is 1. The molecule has 0 spiro atoms. The molecular weight excluding hydrogens is 521 g/mol. The normalized spacial score (nSPS) is 12.4. The lowest BCUT2D eigenvalue weighted by atomic mass is 10.1. The fourth-order valence-corrected chi connectivity index (χ4v) is 5.13. The molecule has 0 bridgehead atoms. The molecule has 36 heavy (non-hydrogen) atoms. The van der Waals surface area contributed by atoms with Gasteiger partial charge in [0, 0.05) is 35.6 Å². The van der Waals surface area contributed by atoms with Crippen molar-refractivity contribution in [1.82, 2.24) is 10.2 Å². The van der Waals surface area contributed by atoms with Gasteiger partial charge in [-0.25, -0.2) is 8.42 Å². The minimum absolute atomic E-state index is 0.0569. The van der Waals surface area contributed by atoms with Crippen molar-refractivity contribution in [3.8, 4) is 0 Å². The van der Waals surface area contributed by atoms with Crippen LogP contribution in [0.1, 0.15) is 50.3 Å². The highest BCUT2D eigenvalue weighted by Gasteiger charge is 2.27. The molecule has 10 heteroatoms. The number of carbonyl (C=O) groups is 2. The molecule has 1 unspecified atom stereocenters. The van der Waals surface area contributed by atoms with E-state index in [0.717, 1.165) is 17.4 Å². The number of amides is 2. The standard InChI is InChI=1S/C26H35Cl2N3O4S/c1-17(2)29-26(33)20(5)30(16-21-10-11-22(27)15-24(21)28)25(32)8-7-13-31(36(6,34)35)23-12-9-18(3)19(4)14-23/h9-12,14-15,17,20H,7-8,13,16H2,1-6H3,(H,29,33). The van der Waals surface area contributed by atoms with E-state index in [9.17, 15) is 18.0 Å². The second-order valence-corrected chi connectivity index (χ2v) is 12.1. The Balaban J connectivity index is 2.22. The van der Waals surface area contributed by atoms with Crippen LogP contribution in [0.15, 0.2) is 36.4 Å². The predicted molar refractivity (Wildman–Crippen MR) is 147 cm³/mol. The molecule has 0 radical (unpaired) electrons. The first-order chi connectivity index (χ1) is 16.7. The summed E-state index contributed by atoms with van der Waals surface area (Å²) in [7, 11) is -3.55. The Morgan fingerprint density at radius 3 is 2.22 bits per heavy atom. The first kappa shape index (κ1) is 29.9. The van der Waals surface area contributed by atoms with Crippen LogP contribution in [0.5, 0.6) is 0 Å². The zero-order chi connectivity index (χ0) is 27.2. The van der Waals surface area contributed by atoms with Gasteiger partial charge in [-0.15, -0.1) is 0 Å². The maximum Gasteiger partial charge on any atom is 0.242 e. The molecule has 2 aromatic carbocycles. The highest BCUT2D eigenvalue weighted by molar-refractivity contribution is 7.92. The predicted octanol–water partition coefficient (Wildman–Crippen LogP) is 5.10. The highest BCUT2D eigenvalue weighted by Crippen LogP contribution is 2.25. The van der Waals surface area contributed by atoms with Crippen molar-refractivity contribution in [2.24, 2.45) is 0 Å². The fourth-order valence-electron chi connectivity index (χ4n) is 3.71. The van der Waals surface area contributed by atoms with E-state index in [4.69, 9.17) is 23.2 Å². The van der Waals surface area contributed by atoms with Gasteiger partial charge in [-0.1, -0.05) is 35.3 Å². The van der Waals surface area contributed by atoms with Gasteiger partial charge in [-0.3, -0.25) is 13.9 Å². The molecule has 0 aromatic heterocycles. The quantitative estimate of drug-likeness (QED) is 0.418. The molecule has 0 heterocycles. The van der Waals surface area contributed by atoms with Gasteiger partial charge in [0.2, 0.25) is 21.8 Å². The van der Waals surface area contributed by atoms with Crippen molar-refractivity contribution in [2.75, 3.05) is 17.1 Å². The number of sulfonamides is 1. The average molecular weight is 557 g/mol. The van der Waals surface area contributed by atoms with Gasteiger partial charge in [-0.05, 0) is 82.0 Å². The number of aryl methyl sites for hydroxylation is 2. The molecule has 7 nitrogen and oxygen atoms in total. The highest BCUT2D eigenvalue weighted by atomic mass is 35.5. The molecule has 0 fully saturated rings. The maximum absolute atomic E-state index is 13.3. The van der Waals surface area contributed by atoms with Crippen molar-refractivity contribution in [2.45, 2.75) is 66.1 Å². The Morgan fingerprint density at radius 2 is 1.67 bits per heavy atom. The SMILES string of the molecule is Cc1ccc(N(CCCC(=O)N(Cc2ccc(Cl)cc2Cl)C(C)C(=O)NC(C)C)S(C)(=O)=O)cc1C. The van der Waals surface area contributed by atoms with Crippen LogP contribution in [0.25, 0.3) is 0 Å². The van der Waals surface area contributed by atoms with Gasteiger partial charge in [0.05, 0.1) is 11.9 Å². The van der Waals surface area contributed by atoms with E-state index in [1.807, 2.05) is 39.8 Å². The van der Waals surface area contributed by atoms with Gasteiger partial charge in [-0.2, -0.15) is 0 Å². The number of rotatable bonds is 11. The summed E-state index contributed by atoms with van der Waals surface area (Å²) in [5.41, 5.74) is 3.26.